The molecular formula is C25H26N4O3S. The number of hydrogen-bond donors (Lipinski definition) is 1. The molecule has 7 nitrogen and oxygen atoms in total. The second-order valence-electron chi connectivity index (χ2n) is 7.97. The molecule has 0 radical (unpaired) electrons. The fourth-order valence-corrected chi connectivity index (χ4v) is 4.64. The number of sulfonamides is 1. The van der Waals surface area contributed by atoms with Crippen LogP contribution in [0.1, 0.15) is 21.6 Å². The van der Waals surface area contributed by atoms with Gasteiger partial charge in [0.25, 0.3) is 5.91 Å². The SMILES string of the molecule is CN(C)S(=O)(=O)c1ccc2c(c1)cc(C(=O)NCCc1ccccc1)n2Cc1ccncc1. The summed E-state index contributed by atoms with van der Waals surface area (Å²) in [5, 5.41) is 3.69. The molecule has 1 N–H and O–H groups in total. The van der Waals surface area contributed by atoms with E-state index in [-0.39, 0.29) is 10.8 Å². The van der Waals surface area contributed by atoms with Crippen LogP contribution < -0.4 is 5.32 Å². The minimum absolute atomic E-state index is 0.192. The van der Waals surface area contributed by atoms with E-state index in [0.717, 1.165) is 23.1 Å². The van der Waals surface area contributed by atoms with E-state index in [1.54, 1.807) is 36.7 Å². The van der Waals surface area contributed by atoms with Crippen molar-refractivity contribution < 1.29 is 13.2 Å². The molecule has 0 saturated carbocycles. The van der Waals surface area contributed by atoms with E-state index in [2.05, 4.69) is 10.3 Å². The summed E-state index contributed by atoms with van der Waals surface area (Å²) >= 11 is 0. The number of nitrogens with zero attached hydrogens (tertiary/aromatic N) is 3. The second-order valence-corrected chi connectivity index (χ2v) is 10.1. The fraction of sp³-hybridized carbons (Fsp3) is 0.200. The number of amides is 1. The van der Waals surface area contributed by atoms with E-state index >= 15 is 0 Å². The predicted molar refractivity (Wildman–Crippen MR) is 129 cm³/mol. The molecular weight excluding hydrogens is 436 g/mol. The van der Waals surface area contributed by atoms with Gasteiger partial charge in [0.1, 0.15) is 5.69 Å². The number of carbonyl (C=O) groups is 1. The van der Waals surface area contributed by atoms with Gasteiger partial charge in [0.2, 0.25) is 10.0 Å². The second kappa shape index (κ2) is 9.56. The highest BCUT2D eigenvalue weighted by Crippen LogP contribution is 2.25. The third-order valence-corrected chi connectivity index (χ3v) is 7.33. The largest absolute Gasteiger partial charge is 0.350 e. The van der Waals surface area contributed by atoms with Crippen molar-refractivity contribution in [3.63, 3.8) is 0 Å². The van der Waals surface area contributed by atoms with Crippen LogP contribution in [0.4, 0.5) is 0 Å². The molecule has 33 heavy (non-hydrogen) atoms. The first-order valence-electron chi connectivity index (χ1n) is 10.6. The van der Waals surface area contributed by atoms with Gasteiger partial charge < -0.3 is 9.88 Å². The zero-order valence-electron chi connectivity index (χ0n) is 18.6. The Kier molecular flexibility index (Phi) is 6.57. The summed E-state index contributed by atoms with van der Waals surface area (Å²) in [5.74, 6) is -0.201. The van der Waals surface area contributed by atoms with Crippen molar-refractivity contribution in [1.82, 2.24) is 19.2 Å². The van der Waals surface area contributed by atoms with Crippen LogP contribution in [0.2, 0.25) is 0 Å². The van der Waals surface area contributed by atoms with Gasteiger partial charge >= 0.3 is 0 Å². The normalized spacial score (nSPS) is 11.7. The average molecular weight is 463 g/mol. The zero-order valence-corrected chi connectivity index (χ0v) is 19.4. The van der Waals surface area contributed by atoms with Crippen LogP contribution >= 0.6 is 0 Å². The summed E-state index contributed by atoms with van der Waals surface area (Å²) < 4.78 is 28.3. The van der Waals surface area contributed by atoms with Gasteiger partial charge in [-0.3, -0.25) is 9.78 Å². The van der Waals surface area contributed by atoms with Crippen LogP contribution in [0, 0.1) is 0 Å². The summed E-state index contributed by atoms with van der Waals surface area (Å²) in [6.45, 7) is 0.965. The molecule has 0 aliphatic rings. The molecule has 0 aliphatic carbocycles. The number of nitrogens with one attached hydrogen (secondary N) is 1. The maximum atomic E-state index is 13.1. The van der Waals surface area contributed by atoms with E-state index in [0.29, 0.717) is 24.2 Å². The van der Waals surface area contributed by atoms with Crippen LogP contribution in [0.25, 0.3) is 10.9 Å². The van der Waals surface area contributed by atoms with E-state index in [1.807, 2.05) is 47.0 Å². The van der Waals surface area contributed by atoms with E-state index in [9.17, 15) is 13.2 Å². The van der Waals surface area contributed by atoms with Gasteiger partial charge in [0, 0.05) is 50.5 Å². The van der Waals surface area contributed by atoms with Crippen molar-refractivity contribution in [1.29, 1.82) is 0 Å². The molecule has 4 aromatic rings. The molecule has 8 heteroatoms. The van der Waals surface area contributed by atoms with Crippen molar-refractivity contribution >= 4 is 26.8 Å². The molecule has 1 amide bonds. The molecule has 0 spiro atoms. The minimum atomic E-state index is -3.58. The van der Waals surface area contributed by atoms with E-state index in [1.165, 1.54) is 18.4 Å². The molecule has 0 aliphatic heterocycles. The lowest BCUT2D eigenvalue weighted by molar-refractivity contribution is 0.0945. The highest BCUT2D eigenvalue weighted by Gasteiger charge is 2.21. The van der Waals surface area contributed by atoms with Crippen LogP contribution in [-0.4, -0.2) is 48.8 Å². The highest BCUT2D eigenvalue weighted by molar-refractivity contribution is 7.89. The van der Waals surface area contributed by atoms with Crippen LogP contribution in [-0.2, 0) is 23.0 Å². The Bertz CT molecular complexity index is 1370. The van der Waals surface area contributed by atoms with Crippen molar-refractivity contribution in [2.24, 2.45) is 0 Å². The first-order valence-corrected chi connectivity index (χ1v) is 12.1. The third-order valence-electron chi connectivity index (χ3n) is 5.52. The predicted octanol–water partition coefficient (Wildman–Crippen LogP) is 3.31. The summed E-state index contributed by atoms with van der Waals surface area (Å²) in [6, 6.07) is 20.5. The minimum Gasteiger partial charge on any atom is -0.350 e. The lowest BCUT2D eigenvalue weighted by Gasteiger charge is -2.13. The maximum absolute atomic E-state index is 13.1. The molecule has 0 bridgehead atoms. The smallest absolute Gasteiger partial charge is 0.267 e. The van der Waals surface area contributed by atoms with Crippen LogP contribution in [0.15, 0.2) is 84.0 Å². The molecule has 0 atom stereocenters. The Morgan fingerprint density at radius 2 is 1.70 bits per heavy atom. The summed E-state index contributed by atoms with van der Waals surface area (Å²) in [7, 11) is -0.581. The summed E-state index contributed by atoms with van der Waals surface area (Å²) in [6.07, 6.45) is 4.15. The van der Waals surface area contributed by atoms with Crippen LogP contribution in [0.3, 0.4) is 0 Å². The number of rotatable bonds is 8. The van der Waals surface area contributed by atoms with Gasteiger partial charge in [0.15, 0.2) is 0 Å². The van der Waals surface area contributed by atoms with Gasteiger partial charge in [0.05, 0.1) is 4.90 Å². The Hall–Kier alpha value is -3.49. The van der Waals surface area contributed by atoms with Crippen LogP contribution in [0.5, 0.6) is 0 Å². The molecule has 2 heterocycles. The molecule has 2 aromatic carbocycles. The first-order chi connectivity index (χ1) is 15.9. The zero-order chi connectivity index (χ0) is 23.4. The number of fused-ring (bicyclic) bond motifs is 1. The molecule has 0 unspecified atom stereocenters. The van der Waals surface area contributed by atoms with Crippen molar-refractivity contribution in [2.45, 2.75) is 17.9 Å². The lowest BCUT2D eigenvalue weighted by Crippen LogP contribution is -2.28. The standard InChI is InChI=1S/C25H26N4O3S/c1-28(2)33(31,32)22-8-9-23-21(16-22)17-24(29(23)18-20-10-13-26-14-11-20)25(30)27-15-12-19-6-4-3-5-7-19/h3-11,13-14,16-17H,12,15,18H2,1-2H3,(H,27,30). The van der Waals surface area contributed by atoms with Gasteiger partial charge in [-0.05, 0) is 53.9 Å². The van der Waals surface area contributed by atoms with Gasteiger partial charge in [-0.1, -0.05) is 30.3 Å². The van der Waals surface area contributed by atoms with Gasteiger partial charge in [-0.15, -0.1) is 0 Å². The quantitative estimate of drug-likeness (QED) is 0.435. The lowest BCUT2D eigenvalue weighted by atomic mass is 10.1. The number of benzene rings is 2. The van der Waals surface area contributed by atoms with Crippen molar-refractivity contribution in [3.05, 3.63) is 95.9 Å². The summed E-state index contributed by atoms with van der Waals surface area (Å²) in [5.41, 5.74) is 3.41. The highest BCUT2D eigenvalue weighted by atomic mass is 32.2. The monoisotopic (exact) mass is 462 g/mol. The van der Waals surface area contributed by atoms with Crippen molar-refractivity contribution in [3.8, 4) is 0 Å². The average Bonchev–Trinajstić information content (AvgIpc) is 3.18. The molecule has 0 saturated heterocycles. The maximum Gasteiger partial charge on any atom is 0.267 e. The molecule has 0 fully saturated rings. The Balaban J connectivity index is 1.68. The third kappa shape index (κ3) is 4.97. The molecule has 4 rings (SSSR count). The summed E-state index contributed by atoms with van der Waals surface area (Å²) in [4.78, 5) is 17.4. The van der Waals surface area contributed by atoms with Gasteiger partial charge in [-0.25, -0.2) is 12.7 Å². The van der Waals surface area contributed by atoms with Gasteiger partial charge in [-0.2, -0.15) is 0 Å². The van der Waals surface area contributed by atoms with Crippen molar-refractivity contribution in [2.75, 3.05) is 20.6 Å². The molecule has 2 aromatic heterocycles. The van der Waals surface area contributed by atoms with E-state index < -0.39 is 10.0 Å². The fourth-order valence-electron chi connectivity index (χ4n) is 3.71. The number of aromatic nitrogens is 2. The Labute approximate surface area is 193 Å². The Morgan fingerprint density at radius 3 is 2.39 bits per heavy atom. The first kappa shape index (κ1) is 22.7. The molecule has 170 valence electrons. The number of hydrogen-bond acceptors (Lipinski definition) is 4. The number of carbonyl (C=O) groups excluding carboxylic acids is 1. The number of pyridine rings is 1. The Morgan fingerprint density at radius 1 is 0.970 bits per heavy atom. The topological polar surface area (TPSA) is 84.3 Å². The van der Waals surface area contributed by atoms with E-state index in [4.69, 9.17) is 0 Å².